The number of rotatable bonds is 3. The van der Waals surface area contributed by atoms with Gasteiger partial charge in [0.1, 0.15) is 11.3 Å². The number of carbonyl (C=O) groups excluding carboxylic acids is 1. The largest absolute Gasteiger partial charge is 0.494 e. The molecule has 0 fully saturated rings. The SMILES string of the molecule is CCOc1cccc(C2c3c(oc4ccc(Br)cc4c3=O)C(=O)N2C)c1. The van der Waals surface area contributed by atoms with E-state index in [0.717, 1.165) is 10.0 Å². The summed E-state index contributed by atoms with van der Waals surface area (Å²) in [6.45, 7) is 2.45. The summed E-state index contributed by atoms with van der Waals surface area (Å²) in [5, 5.41) is 0.451. The van der Waals surface area contributed by atoms with Gasteiger partial charge in [0.05, 0.1) is 23.6 Å². The van der Waals surface area contributed by atoms with E-state index in [1.807, 2.05) is 31.2 Å². The van der Waals surface area contributed by atoms with E-state index in [-0.39, 0.29) is 17.1 Å². The first-order valence-corrected chi connectivity index (χ1v) is 9.06. The second-order valence-corrected chi connectivity index (χ2v) is 7.05. The summed E-state index contributed by atoms with van der Waals surface area (Å²) in [7, 11) is 1.68. The fourth-order valence-corrected chi connectivity index (χ4v) is 3.75. The molecule has 1 atom stereocenters. The topological polar surface area (TPSA) is 59.8 Å². The van der Waals surface area contributed by atoms with Gasteiger partial charge in [0, 0.05) is 11.5 Å². The molecule has 132 valence electrons. The van der Waals surface area contributed by atoms with Crippen LogP contribution in [0.5, 0.6) is 5.75 Å². The standard InChI is InChI=1S/C20H16BrNO4/c1-3-25-13-6-4-5-11(9-13)17-16-18(23)14-10-12(21)7-8-15(14)26-19(16)20(24)22(17)2/h4-10,17H,3H2,1-2H3. The maximum absolute atomic E-state index is 13.2. The van der Waals surface area contributed by atoms with Gasteiger partial charge in [-0.1, -0.05) is 28.1 Å². The third-order valence-electron chi connectivity index (χ3n) is 4.55. The van der Waals surface area contributed by atoms with Gasteiger partial charge in [-0.2, -0.15) is 0 Å². The van der Waals surface area contributed by atoms with Gasteiger partial charge >= 0.3 is 0 Å². The van der Waals surface area contributed by atoms with Gasteiger partial charge in [0.15, 0.2) is 5.43 Å². The van der Waals surface area contributed by atoms with Gasteiger partial charge in [-0.25, -0.2) is 0 Å². The van der Waals surface area contributed by atoms with Crippen molar-refractivity contribution in [2.24, 2.45) is 0 Å². The number of hydrogen-bond acceptors (Lipinski definition) is 4. The third kappa shape index (κ3) is 2.52. The lowest BCUT2D eigenvalue weighted by molar-refractivity contribution is 0.0771. The molecule has 1 amide bonds. The quantitative estimate of drug-likeness (QED) is 0.647. The highest BCUT2D eigenvalue weighted by Crippen LogP contribution is 2.38. The molecule has 1 aromatic heterocycles. The molecule has 0 bridgehead atoms. The highest BCUT2D eigenvalue weighted by molar-refractivity contribution is 9.10. The predicted octanol–water partition coefficient (Wildman–Crippen LogP) is 4.13. The van der Waals surface area contributed by atoms with Crippen molar-refractivity contribution >= 4 is 32.8 Å². The first-order valence-electron chi connectivity index (χ1n) is 8.27. The Bertz CT molecular complexity index is 1090. The molecule has 0 radical (unpaired) electrons. The van der Waals surface area contributed by atoms with Crippen molar-refractivity contribution in [2.45, 2.75) is 13.0 Å². The third-order valence-corrected chi connectivity index (χ3v) is 5.04. The Hall–Kier alpha value is -2.60. The van der Waals surface area contributed by atoms with Crippen molar-refractivity contribution in [2.75, 3.05) is 13.7 Å². The van der Waals surface area contributed by atoms with Crippen molar-refractivity contribution in [3.05, 3.63) is 74.0 Å². The van der Waals surface area contributed by atoms with Crippen LogP contribution in [0.25, 0.3) is 11.0 Å². The number of benzene rings is 2. The first kappa shape index (κ1) is 16.8. The molecule has 0 aliphatic carbocycles. The summed E-state index contributed by atoms with van der Waals surface area (Å²) in [4.78, 5) is 27.4. The minimum Gasteiger partial charge on any atom is -0.494 e. The Balaban J connectivity index is 1.96. The van der Waals surface area contributed by atoms with Crippen molar-refractivity contribution in [1.29, 1.82) is 0 Å². The van der Waals surface area contributed by atoms with E-state index in [1.165, 1.54) is 4.90 Å². The fourth-order valence-electron chi connectivity index (χ4n) is 3.39. The van der Waals surface area contributed by atoms with Crippen LogP contribution < -0.4 is 10.2 Å². The zero-order chi connectivity index (χ0) is 18.4. The molecule has 5 nitrogen and oxygen atoms in total. The number of fused-ring (bicyclic) bond motifs is 2. The number of amides is 1. The van der Waals surface area contributed by atoms with E-state index in [9.17, 15) is 9.59 Å². The van der Waals surface area contributed by atoms with Crippen molar-refractivity contribution in [3.8, 4) is 5.75 Å². The van der Waals surface area contributed by atoms with Gasteiger partial charge in [-0.05, 0) is 42.8 Å². The molecular weight excluding hydrogens is 398 g/mol. The van der Waals surface area contributed by atoms with Gasteiger partial charge in [-0.3, -0.25) is 9.59 Å². The molecular formula is C20H16BrNO4. The number of carbonyl (C=O) groups is 1. The Morgan fingerprint density at radius 2 is 2.00 bits per heavy atom. The first-order chi connectivity index (χ1) is 12.5. The molecule has 1 aliphatic rings. The lowest BCUT2D eigenvalue weighted by atomic mass is 9.98. The normalized spacial score (nSPS) is 16.2. The lowest BCUT2D eigenvalue weighted by Crippen LogP contribution is -2.25. The van der Waals surface area contributed by atoms with Crippen LogP contribution in [0.15, 0.2) is 56.1 Å². The molecule has 0 saturated heterocycles. The number of ether oxygens (including phenoxy) is 1. The van der Waals surface area contributed by atoms with Crippen LogP contribution in [0.4, 0.5) is 0 Å². The molecule has 0 saturated carbocycles. The number of nitrogens with zero attached hydrogens (tertiary/aromatic N) is 1. The second-order valence-electron chi connectivity index (χ2n) is 6.14. The Labute approximate surface area is 158 Å². The average Bonchev–Trinajstić information content (AvgIpc) is 2.88. The van der Waals surface area contributed by atoms with Crippen molar-refractivity contribution in [1.82, 2.24) is 4.90 Å². The summed E-state index contributed by atoms with van der Waals surface area (Å²) in [5.74, 6) is 0.514. The molecule has 1 aliphatic heterocycles. The van der Waals surface area contributed by atoms with Crippen LogP contribution in [0.3, 0.4) is 0 Å². The summed E-state index contributed by atoms with van der Waals surface area (Å²) in [6, 6.07) is 12.1. The zero-order valence-corrected chi connectivity index (χ0v) is 15.9. The van der Waals surface area contributed by atoms with Gasteiger partial charge in [0.2, 0.25) is 5.76 Å². The smallest absolute Gasteiger partial charge is 0.290 e. The Kier molecular flexibility index (Phi) is 4.07. The summed E-state index contributed by atoms with van der Waals surface area (Å²) >= 11 is 3.38. The molecule has 6 heteroatoms. The van der Waals surface area contributed by atoms with E-state index in [4.69, 9.17) is 9.15 Å². The molecule has 0 spiro atoms. The molecule has 1 unspecified atom stereocenters. The average molecular weight is 414 g/mol. The lowest BCUT2D eigenvalue weighted by Gasteiger charge is -2.20. The van der Waals surface area contributed by atoms with Gasteiger partial charge < -0.3 is 14.1 Å². The van der Waals surface area contributed by atoms with Crippen LogP contribution in [0, 0.1) is 0 Å². The van der Waals surface area contributed by atoms with E-state index in [2.05, 4.69) is 15.9 Å². The zero-order valence-electron chi connectivity index (χ0n) is 14.3. The molecule has 4 rings (SSSR count). The molecule has 3 aromatic rings. The summed E-state index contributed by atoms with van der Waals surface area (Å²) < 4.78 is 12.2. The van der Waals surface area contributed by atoms with E-state index < -0.39 is 6.04 Å². The summed E-state index contributed by atoms with van der Waals surface area (Å²) in [6.07, 6.45) is 0. The van der Waals surface area contributed by atoms with Gasteiger partial charge in [-0.15, -0.1) is 0 Å². The highest BCUT2D eigenvalue weighted by Gasteiger charge is 2.40. The number of halogens is 1. The summed E-state index contributed by atoms with van der Waals surface area (Å²) in [5.41, 5.74) is 1.40. The van der Waals surface area contributed by atoms with E-state index in [1.54, 1.807) is 25.2 Å². The maximum atomic E-state index is 13.2. The highest BCUT2D eigenvalue weighted by atomic mass is 79.9. The molecule has 26 heavy (non-hydrogen) atoms. The monoisotopic (exact) mass is 413 g/mol. The molecule has 2 heterocycles. The van der Waals surface area contributed by atoms with Crippen LogP contribution in [-0.4, -0.2) is 24.5 Å². The minimum atomic E-state index is -0.502. The second kappa shape index (κ2) is 6.29. The van der Waals surface area contributed by atoms with Crippen molar-refractivity contribution < 1.29 is 13.9 Å². The number of hydrogen-bond donors (Lipinski definition) is 0. The maximum Gasteiger partial charge on any atom is 0.290 e. The van der Waals surface area contributed by atoms with Crippen LogP contribution in [0.2, 0.25) is 0 Å². The minimum absolute atomic E-state index is 0.110. The van der Waals surface area contributed by atoms with Crippen LogP contribution in [0.1, 0.15) is 34.6 Å². The Morgan fingerprint density at radius 3 is 2.77 bits per heavy atom. The van der Waals surface area contributed by atoms with Crippen LogP contribution in [-0.2, 0) is 0 Å². The Morgan fingerprint density at radius 1 is 1.19 bits per heavy atom. The van der Waals surface area contributed by atoms with Gasteiger partial charge in [0.25, 0.3) is 5.91 Å². The van der Waals surface area contributed by atoms with E-state index in [0.29, 0.717) is 28.9 Å². The predicted molar refractivity (Wildman–Crippen MR) is 102 cm³/mol. The fraction of sp³-hybridized carbons (Fsp3) is 0.200. The molecule has 2 aromatic carbocycles. The van der Waals surface area contributed by atoms with Crippen LogP contribution >= 0.6 is 15.9 Å². The van der Waals surface area contributed by atoms with Crippen molar-refractivity contribution in [3.63, 3.8) is 0 Å². The van der Waals surface area contributed by atoms with E-state index >= 15 is 0 Å². The molecule has 0 N–H and O–H groups in total.